The number of nitro benzene ring substituents is 1. The molecule has 0 unspecified atom stereocenters. The first-order valence-electron chi connectivity index (χ1n) is 7.62. The van der Waals surface area contributed by atoms with Gasteiger partial charge in [-0.3, -0.25) is 10.1 Å². The van der Waals surface area contributed by atoms with Crippen LogP contribution in [0, 0.1) is 15.9 Å². The van der Waals surface area contributed by atoms with E-state index in [1.54, 1.807) is 30.3 Å². The number of nitro groups is 1. The monoisotopic (exact) mass is 366 g/mol. The number of thiophene rings is 1. The number of hydrogen-bond acceptors (Lipinski definition) is 6. The molecule has 0 atom stereocenters. The highest BCUT2D eigenvalue weighted by molar-refractivity contribution is 7.17. The van der Waals surface area contributed by atoms with Crippen molar-refractivity contribution in [2.75, 3.05) is 5.32 Å². The average molecular weight is 366 g/mol. The standard InChI is InChI=1S/C18H11FN4O2S/c19-14-6-1-2-7-15(14)22-17-16-13(9-26-18(16)21-10-20-17)11-4-3-5-12(8-11)23(24)25/h1-10H,(H,20,21,22). The molecule has 0 bridgehead atoms. The van der Waals surface area contributed by atoms with Crippen molar-refractivity contribution < 1.29 is 9.31 Å². The molecule has 2 aromatic heterocycles. The van der Waals surface area contributed by atoms with Gasteiger partial charge in [0.05, 0.1) is 16.0 Å². The molecule has 8 heteroatoms. The molecule has 0 amide bonds. The molecule has 1 N–H and O–H groups in total. The number of anilines is 2. The number of hydrogen-bond donors (Lipinski definition) is 1. The summed E-state index contributed by atoms with van der Waals surface area (Å²) in [5, 5.41) is 16.6. The molecule has 2 aromatic carbocycles. The zero-order valence-corrected chi connectivity index (χ0v) is 14.0. The van der Waals surface area contributed by atoms with Gasteiger partial charge in [-0.25, -0.2) is 14.4 Å². The number of non-ortho nitro benzene ring substituents is 1. The quantitative estimate of drug-likeness (QED) is 0.399. The Morgan fingerprint density at radius 2 is 1.96 bits per heavy atom. The van der Waals surface area contributed by atoms with Gasteiger partial charge < -0.3 is 5.32 Å². The molecule has 0 aliphatic heterocycles. The summed E-state index contributed by atoms with van der Waals surface area (Å²) in [4.78, 5) is 19.8. The number of fused-ring (bicyclic) bond motifs is 1. The van der Waals surface area contributed by atoms with E-state index in [0.717, 1.165) is 5.56 Å². The summed E-state index contributed by atoms with van der Waals surface area (Å²) in [7, 11) is 0. The topological polar surface area (TPSA) is 81.0 Å². The van der Waals surface area contributed by atoms with Crippen molar-refractivity contribution in [3.8, 4) is 11.1 Å². The van der Waals surface area contributed by atoms with Crippen LogP contribution in [0.2, 0.25) is 0 Å². The van der Waals surface area contributed by atoms with Crippen LogP contribution in [-0.4, -0.2) is 14.9 Å². The Kier molecular flexibility index (Phi) is 4.02. The van der Waals surface area contributed by atoms with Gasteiger partial charge in [0.25, 0.3) is 5.69 Å². The van der Waals surface area contributed by atoms with E-state index in [1.165, 1.54) is 35.9 Å². The smallest absolute Gasteiger partial charge is 0.270 e. The molecule has 0 spiro atoms. The van der Waals surface area contributed by atoms with Crippen LogP contribution in [0.3, 0.4) is 0 Å². The number of benzene rings is 2. The van der Waals surface area contributed by atoms with E-state index in [2.05, 4.69) is 15.3 Å². The van der Waals surface area contributed by atoms with Crippen LogP contribution in [0.15, 0.2) is 60.2 Å². The van der Waals surface area contributed by atoms with E-state index in [-0.39, 0.29) is 5.69 Å². The third kappa shape index (κ3) is 2.86. The van der Waals surface area contributed by atoms with Crippen molar-refractivity contribution in [1.82, 2.24) is 9.97 Å². The van der Waals surface area contributed by atoms with E-state index in [0.29, 0.717) is 27.3 Å². The van der Waals surface area contributed by atoms with E-state index in [4.69, 9.17) is 0 Å². The largest absolute Gasteiger partial charge is 0.337 e. The zero-order valence-electron chi connectivity index (χ0n) is 13.2. The molecule has 0 aliphatic rings. The lowest BCUT2D eigenvalue weighted by molar-refractivity contribution is -0.384. The number of nitrogens with zero attached hydrogens (tertiary/aromatic N) is 3. The maximum Gasteiger partial charge on any atom is 0.270 e. The van der Waals surface area contributed by atoms with Gasteiger partial charge in [-0.05, 0) is 17.7 Å². The number of aromatic nitrogens is 2. The third-order valence-electron chi connectivity index (χ3n) is 3.87. The molecule has 6 nitrogen and oxygen atoms in total. The molecule has 2 heterocycles. The van der Waals surface area contributed by atoms with E-state index in [9.17, 15) is 14.5 Å². The first-order chi connectivity index (χ1) is 12.6. The van der Waals surface area contributed by atoms with Gasteiger partial charge in [-0.15, -0.1) is 11.3 Å². The fourth-order valence-electron chi connectivity index (χ4n) is 2.66. The summed E-state index contributed by atoms with van der Waals surface area (Å²) >= 11 is 1.40. The lowest BCUT2D eigenvalue weighted by Gasteiger charge is -2.09. The second-order valence-corrected chi connectivity index (χ2v) is 6.32. The molecule has 0 saturated heterocycles. The molecule has 0 radical (unpaired) electrons. The normalized spacial score (nSPS) is 10.8. The first-order valence-corrected chi connectivity index (χ1v) is 8.50. The minimum atomic E-state index is -0.437. The Hall–Kier alpha value is -3.39. The minimum Gasteiger partial charge on any atom is -0.337 e. The molecular formula is C18H11FN4O2S. The number of rotatable bonds is 4. The van der Waals surface area contributed by atoms with Crippen molar-refractivity contribution in [2.24, 2.45) is 0 Å². The maximum atomic E-state index is 14.0. The fourth-order valence-corrected chi connectivity index (χ4v) is 3.58. The van der Waals surface area contributed by atoms with Crippen molar-refractivity contribution in [3.05, 3.63) is 76.2 Å². The average Bonchev–Trinajstić information content (AvgIpc) is 3.09. The Bertz CT molecular complexity index is 1130. The molecule has 0 aliphatic carbocycles. The summed E-state index contributed by atoms with van der Waals surface area (Å²) in [6, 6.07) is 12.7. The predicted molar refractivity (Wildman–Crippen MR) is 99.2 cm³/mol. The van der Waals surface area contributed by atoms with Crippen molar-refractivity contribution >= 4 is 38.7 Å². The van der Waals surface area contributed by atoms with Gasteiger partial charge in [0.2, 0.25) is 0 Å². The zero-order chi connectivity index (χ0) is 18.1. The van der Waals surface area contributed by atoms with E-state index in [1.807, 2.05) is 5.38 Å². The Balaban J connectivity index is 1.86. The van der Waals surface area contributed by atoms with Gasteiger partial charge in [0, 0.05) is 23.1 Å². The van der Waals surface area contributed by atoms with E-state index >= 15 is 0 Å². The van der Waals surface area contributed by atoms with Crippen LogP contribution in [-0.2, 0) is 0 Å². The number of halogens is 1. The van der Waals surface area contributed by atoms with Gasteiger partial charge in [0.15, 0.2) is 0 Å². The second kappa shape index (κ2) is 6.49. The molecule has 0 saturated carbocycles. The molecule has 128 valence electrons. The fraction of sp³-hybridized carbons (Fsp3) is 0. The molecule has 0 fully saturated rings. The Morgan fingerprint density at radius 1 is 1.12 bits per heavy atom. The van der Waals surface area contributed by atoms with Gasteiger partial charge >= 0.3 is 0 Å². The van der Waals surface area contributed by atoms with Crippen LogP contribution >= 0.6 is 11.3 Å². The van der Waals surface area contributed by atoms with E-state index < -0.39 is 10.7 Å². The summed E-state index contributed by atoms with van der Waals surface area (Å²) in [6.07, 6.45) is 1.40. The molecule has 4 aromatic rings. The summed E-state index contributed by atoms with van der Waals surface area (Å²) in [6.45, 7) is 0. The number of para-hydroxylation sites is 1. The van der Waals surface area contributed by atoms with Crippen LogP contribution < -0.4 is 5.32 Å². The Labute approximate surface area is 151 Å². The Morgan fingerprint density at radius 3 is 2.77 bits per heavy atom. The van der Waals surface area contributed by atoms with Crippen LogP contribution in [0.1, 0.15) is 0 Å². The van der Waals surface area contributed by atoms with Crippen molar-refractivity contribution in [3.63, 3.8) is 0 Å². The third-order valence-corrected chi connectivity index (χ3v) is 4.75. The molecular weight excluding hydrogens is 355 g/mol. The predicted octanol–water partition coefficient (Wildman–Crippen LogP) is 5.15. The highest BCUT2D eigenvalue weighted by Crippen LogP contribution is 2.38. The van der Waals surface area contributed by atoms with Crippen LogP contribution in [0.25, 0.3) is 21.3 Å². The SMILES string of the molecule is O=[N+]([O-])c1cccc(-c2csc3ncnc(Nc4ccccc4F)c23)c1. The van der Waals surface area contributed by atoms with Crippen molar-refractivity contribution in [2.45, 2.75) is 0 Å². The first kappa shape index (κ1) is 16.1. The molecule has 4 rings (SSSR count). The summed E-state index contributed by atoms with van der Waals surface area (Å²) in [5.41, 5.74) is 1.73. The highest BCUT2D eigenvalue weighted by atomic mass is 32.1. The minimum absolute atomic E-state index is 0.00214. The van der Waals surface area contributed by atoms with Gasteiger partial charge in [-0.2, -0.15) is 0 Å². The molecule has 26 heavy (non-hydrogen) atoms. The highest BCUT2D eigenvalue weighted by Gasteiger charge is 2.16. The van der Waals surface area contributed by atoms with Gasteiger partial charge in [0.1, 0.15) is 22.8 Å². The lowest BCUT2D eigenvalue weighted by Crippen LogP contribution is -1.97. The maximum absolute atomic E-state index is 14.0. The van der Waals surface area contributed by atoms with Crippen LogP contribution in [0.5, 0.6) is 0 Å². The number of nitrogens with one attached hydrogen (secondary N) is 1. The summed E-state index contributed by atoms with van der Waals surface area (Å²) in [5.74, 6) is 0.0502. The van der Waals surface area contributed by atoms with Crippen LogP contribution in [0.4, 0.5) is 21.6 Å². The second-order valence-electron chi connectivity index (χ2n) is 5.46. The van der Waals surface area contributed by atoms with Gasteiger partial charge in [-0.1, -0.05) is 24.3 Å². The summed E-state index contributed by atoms with van der Waals surface area (Å²) < 4.78 is 14.0. The van der Waals surface area contributed by atoms with Crippen molar-refractivity contribution in [1.29, 1.82) is 0 Å². The lowest BCUT2D eigenvalue weighted by atomic mass is 10.1.